The van der Waals surface area contributed by atoms with Crippen molar-refractivity contribution in [1.29, 1.82) is 0 Å². The van der Waals surface area contributed by atoms with Crippen LogP contribution in [0.2, 0.25) is 0 Å². The van der Waals surface area contributed by atoms with Crippen molar-refractivity contribution in [2.24, 2.45) is 11.3 Å². The standard InChI is InChI=1S/C14H20N2O2S/c1-2-11-7-15-13(19-8-12(17)18)16(11)9-14(5-6-14)10-3-4-10/h7,10H,2-6,8-9H2,1H3,(H,17,18). The van der Waals surface area contributed by atoms with Crippen molar-refractivity contribution in [3.63, 3.8) is 0 Å². The van der Waals surface area contributed by atoms with Crippen molar-refractivity contribution in [2.45, 2.75) is 50.7 Å². The number of rotatable bonds is 7. The number of carboxylic acid groups (broad SMARTS) is 1. The molecule has 1 aromatic heterocycles. The number of thioether (sulfide) groups is 1. The first-order valence-corrected chi connectivity index (χ1v) is 8.02. The Hall–Kier alpha value is -0.970. The van der Waals surface area contributed by atoms with Crippen molar-refractivity contribution in [3.8, 4) is 0 Å². The van der Waals surface area contributed by atoms with Crippen LogP contribution in [0.1, 0.15) is 38.3 Å². The van der Waals surface area contributed by atoms with Gasteiger partial charge in [0.2, 0.25) is 0 Å². The number of aryl methyl sites for hydroxylation is 1. The summed E-state index contributed by atoms with van der Waals surface area (Å²) in [5.74, 6) is 0.231. The van der Waals surface area contributed by atoms with E-state index in [1.54, 1.807) is 0 Å². The summed E-state index contributed by atoms with van der Waals surface area (Å²) in [5.41, 5.74) is 1.75. The molecule has 0 amide bonds. The first-order chi connectivity index (χ1) is 9.14. The van der Waals surface area contributed by atoms with Gasteiger partial charge in [0.15, 0.2) is 5.16 Å². The molecule has 2 aliphatic carbocycles. The van der Waals surface area contributed by atoms with E-state index in [1.165, 1.54) is 43.1 Å². The second-order valence-electron chi connectivity index (χ2n) is 5.79. The Kier molecular flexibility index (Phi) is 3.33. The lowest BCUT2D eigenvalue weighted by molar-refractivity contribution is -0.133. The van der Waals surface area contributed by atoms with Gasteiger partial charge in [0, 0.05) is 18.4 Å². The van der Waals surface area contributed by atoms with E-state index in [4.69, 9.17) is 5.11 Å². The van der Waals surface area contributed by atoms with Gasteiger partial charge in [-0.05, 0) is 43.4 Å². The molecule has 0 saturated heterocycles. The third kappa shape index (κ3) is 2.66. The van der Waals surface area contributed by atoms with Crippen LogP contribution >= 0.6 is 11.8 Å². The van der Waals surface area contributed by atoms with Gasteiger partial charge in [-0.2, -0.15) is 0 Å². The zero-order valence-corrected chi connectivity index (χ0v) is 12.1. The molecule has 0 aliphatic heterocycles. The largest absolute Gasteiger partial charge is 0.481 e. The van der Waals surface area contributed by atoms with Gasteiger partial charge in [-0.15, -0.1) is 0 Å². The molecular formula is C14H20N2O2S. The zero-order chi connectivity index (χ0) is 13.5. The molecule has 0 bridgehead atoms. The molecule has 19 heavy (non-hydrogen) atoms. The van der Waals surface area contributed by atoms with Gasteiger partial charge >= 0.3 is 5.97 Å². The zero-order valence-electron chi connectivity index (χ0n) is 11.3. The molecule has 2 aliphatic rings. The minimum atomic E-state index is -0.777. The van der Waals surface area contributed by atoms with Crippen molar-refractivity contribution in [2.75, 3.05) is 5.75 Å². The number of nitrogens with zero attached hydrogens (tertiary/aromatic N) is 2. The second-order valence-corrected chi connectivity index (χ2v) is 6.73. The van der Waals surface area contributed by atoms with Crippen LogP contribution in [0.15, 0.2) is 11.4 Å². The predicted octanol–water partition coefficient (Wildman–Crippen LogP) is 2.81. The van der Waals surface area contributed by atoms with Crippen LogP contribution in [0.3, 0.4) is 0 Å². The van der Waals surface area contributed by atoms with E-state index in [-0.39, 0.29) is 5.75 Å². The van der Waals surface area contributed by atoms with Crippen molar-refractivity contribution < 1.29 is 9.90 Å². The van der Waals surface area contributed by atoms with Crippen LogP contribution in [-0.4, -0.2) is 26.4 Å². The topological polar surface area (TPSA) is 55.1 Å². The molecule has 1 aromatic rings. The fourth-order valence-corrected chi connectivity index (χ4v) is 3.67. The second kappa shape index (κ2) is 4.85. The van der Waals surface area contributed by atoms with E-state index >= 15 is 0 Å². The highest BCUT2D eigenvalue weighted by Crippen LogP contribution is 2.62. The molecule has 0 atom stereocenters. The Bertz CT molecular complexity index is 490. The molecule has 0 unspecified atom stereocenters. The Labute approximate surface area is 117 Å². The van der Waals surface area contributed by atoms with E-state index in [9.17, 15) is 4.79 Å². The summed E-state index contributed by atoms with van der Waals surface area (Å²) in [6.07, 6.45) is 8.31. The normalized spacial score (nSPS) is 20.5. The fourth-order valence-electron chi connectivity index (χ4n) is 2.95. The molecule has 1 N–H and O–H groups in total. The highest BCUT2D eigenvalue weighted by atomic mass is 32.2. The molecular weight excluding hydrogens is 260 g/mol. The van der Waals surface area contributed by atoms with Gasteiger partial charge in [0.25, 0.3) is 0 Å². The van der Waals surface area contributed by atoms with E-state index in [0.717, 1.165) is 24.0 Å². The maximum atomic E-state index is 10.7. The average molecular weight is 280 g/mol. The molecule has 0 radical (unpaired) electrons. The number of hydrogen-bond donors (Lipinski definition) is 1. The van der Waals surface area contributed by atoms with Crippen LogP contribution in [0.25, 0.3) is 0 Å². The average Bonchev–Trinajstić information content (AvgIpc) is 3.24. The monoisotopic (exact) mass is 280 g/mol. The van der Waals surface area contributed by atoms with Crippen LogP contribution in [-0.2, 0) is 17.8 Å². The van der Waals surface area contributed by atoms with E-state index in [0.29, 0.717) is 5.41 Å². The predicted molar refractivity (Wildman–Crippen MR) is 74.4 cm³/mol. The molecule has 5 heteroatoms. The Morgan fingerprint density at radius 1 is 1.58 bits per heavy atom. The van der Waals surface area contributed by atoms with E-state index < -0.39 is 5.97 Å². The van der Waals surface area contributed by atoms with Gasteiger partial charge < -0.3 is 9.67 Å². The fraction of sp³-hybridized carbons (Fsp3) is 0.714. The minimum absolute atomic E-state index is 0.0938. The SMILES string of the molecule is CCc1cnc(SCC(=O)O)n1CC1(C2CC2)CC1. The number of aliphatic carboxylic acids is 1. The third-order valence-electron chi connectivity index (χ3n) is 4.40. The number of imidazole rings is 1. The molecule has 3 rings (SSSR count). The number of hydrogen-bond acceptors (Lipinski definition) is 3. The quantitative estimate of drug-likeness (QED) is 0.780. The summed E-state index contributed by atoms with van der Waals surface area (Å²) in [4.78, 5) is 15.1. The van der Waals surface area contributed by atoms with Crippen LogP contribution in [0, 0.1) is 11.3 Å². The summed E-state index contributed by atoms with van der Waals surface area (Å²) < 4.78 is 2.28. The number of carboxylic acids is 1. The lowest BCUT2D eigenvalue weighted by Crippen LogP contribution is -2.16. The van der Waals surface area contributed by atoms with E-state index in [2.05, 4.69) is 16.5 Å². The van der Waals surface area contributed by atoms with Crippen LogP contribution in [0.4, 0.5) is 0 Å². The van der Waals surface area contributed by atoms with Gasteiger partial charge in [-0.25, -0.2) is 4.98 Å². The minimum Gasteiger partial charge on any atom is -0.481 e. The van der Waals surface area contributed by atoms with Crippen molar-refractivity contribution in [3.05, 3.63) is 11.9 Å². The lowest BCUT2D eigenvalue weighted by atomic mass is 10.0. The summed E-state index contributed by atoms with van der Waals surface area (Å²) in [6, 6.07) is 0. The maximum Gasteiger partial charge on any atom is 0.313 e. The van der Waals surface area contributed by atoms with Crippen LogP contribution in [0.5, 0.6) is 0 Å². The van der Waals surface area contributed by atoms with E-state index in [1.807, 2.05) is 6.20 Å². The Morgan fingerprint density at radius 3 is 2.84 bits per heavy atom. The third-order valence-corrected chi connectivity index (χ3v) is 5.37. The van der Waals surface area contributed by atoms with Gasteiger partial charge in [-0.1, -0.05) is 18.7 Å². The Balaban J connectivity index is 1.77. The van der Waals surface area contributed by atoms with Crippen molar-refractivity contribution >= 4 is 17.7 Å². The summed E-state index contributed by atoms with van der Waals surface area (Å²) in [6.45, 7) is 3.18. The van der Waals surface area contributed by atoms with Crippen molar-refractivity contribution in [1.82, 2.24) is 9.55 Å². The number of aromatic nitrogens is 2. The smallest absolute Gasteiger partial charge is 0.313 e. The summed E-state index contributed by atoms with van der Waals surface area (Å²) in [7, 11) is 0. The van der Waals surface area contributed by atoms with Gasteiger partial charge in [0.05, 0.1) is 5.75 Å². The molecule has 104 valence electrons. The highest BCUT2D eigenvalue weighted by Gasteiger charge is 2.54. The number of carbonyl (C=O) groups is 1. The molecule has 2 fully saturated rings. The molecule has 2 saturated carbocycles. The van der Waals surface area contributed by atoms with Gasteiger partial charge in [-0.3, -0.25) is 4.79 Å². The summed E-state index contributed by atoms with van der Waals surface area (Å²) in [5, 5.41) is 9.70. The first kappa shape index (κ1) is 13.0. The molecule has 4 nitrogen and oxygen atoms in total. The summed E-state index contributed by atoms with van der Waals surface area (Å²) >= 11 is 1.34. The highest BCUT2D eigenvalue weighted by molar-refractivity contribution is 7.99. The molecule has 1 heterocycles. The molecule has 0 aromatic carbocycles. The first-order valence-electron chi connectivity index (χ1n) is 7.03. The maximum absolute atomic E-state index is 10.7. The lowest BCUT2D eigenvalue weighted by Gasteiger charge is -2.18. The van der Waals surface area contributed by atoms with Gasteiger partial charge in [0.1, 0.15) is 0 Å². The Morgan fingerprint density at radius 2 is 2.32 bits per heavy atom. The van der Waals surface area contributed by atoms with Crippen LogP contribution < -0.4 is 0 Å². The molecule has 0 spiro atoms.